The smallest absolute Gasteiger partial charge is 0.0900 e. The second-order valence-corrected chi connectivity index (χ2v) is 3.42. The lowest BCUT2D eigenvalue weighted by molar-refractivity contribution is -0.0104. The Labute approximate surface area is 83.5 Å². The van der Waals surface area contributed by atoms with Crippen LogP contribution < -0.4 is 5.32 Å². The Morgan fingerprint density at radius 1 is 1.31 bits per heavy atom. The van der Waals surface area contributed by atoms with Crippen molar-refractivity contribution >= 4 is 0 Å². The van der Waals surface area contributed by atoms with E-state index in [1.54, 1.807) is 7.11 Å². The van der Waals surface area contributed by atoms with Crippen LogP contribution >= 0.6 is 0 Å². The molecule has 3 heteroatoms. The summed E-state index contributed by atoms with van der Waals surface area (Å²) < 4.78 is 5.38. The molecule has 0 aliphatic rings. The van der Waals surface area contributed by atoms with Gasteiger partial charge in [0.15, 0.2) is 0 Å². The molecule has 0 saturated heterocycles. The highest BCUT2D eigenvalue weighted by atomic mass is 16.5. The Bertz CT molecular complexity index is 107. The number of hydrogen-bond donors (Lipinski definition) is 1. The molecular weight excluding hydrogens is 164 g/mol. The molecule has 0 heterocycles. The van der Waals surface area contributed by atoms with Crippen LogP contribution in [0.4, 0.5) is 0 Å². The number of hydrogen-bond acceptors (Lipinski definition) is 3. The van der Waals surface area contributed by atoms with Gasteiger partial charge in [0.2, 0.25) is 0 Å². The van der Waals surface area contributed by atoms with Crippen LogP contribution in [0.3, 0.4) is 0 Å². The topological polar surface area (TPSA) is 24.5 Å². The van der Waals surface area contributed by atoms with Gasteiger partial charge >= 0.3 is 0 Å². The third-order valence-corrected chi connectivity index (χ3v) is 1.69. The van der Waals surface area contributed by atoms with Crippen LogP contribution in [0.1, 0.15) is 20.8 Å². The van der Waals surface area contributed by atoms with E-state index in [4.69, 9.17) is 4.74 Å². The van der Waals surface area contributed by atoms with Crippen LogP contribution in [0.2, 0.25) is 0 Å². The predicted molar refractivity (Wildman–Crippen MR) is 59.2 cm³/mol. The van der Waals surface area contributed by atoms with Gasteiger partial charge in [0.05, 0.1) is 5.60 Å². The largest absolute Gasteiger partial charge is 0.376 e. The van der Waals surface area contributed by atoms with Gasteiger partial charge < -0.3 is 15.0 Å². The maximum atomic E-state index is 5.38. The van der Waals surface area contributed by atoms with Crippen molar-refractivity contribution in [1.82, 2.24) is 10.2 Å². The van der Waals surface area contributed by atoms with Gasteiger partial charge in [0.25, 0.3) is 0 Å². The number of methoxy groups -OCH3 is 1. The van der Waals surface area contributed by atoms with Gasteiger partial charge in [0.1, 0.15) is 0 Å². The molecule has 1 unspecified atom stereocenters. The van der Waals surface area contributed by atoms with Crippen molar-refractivity contribution in [2.45, 2.75) is 26.4 Å². The van der Waals surface area contributed by atoms with Gasteiger partial charge in [-0.15, -0.1) is 0 Å². The molecule has 1 N–H and O–H groups in total. The summed E-state index contributed by atoms with van der Waals surface area (Å²) in [5.41, 5.74) is -0.0712. The number of nitrogens with one attached hydrogen (secondary N) is 1. The fraction of sp³-hybridized carbons (Fsp3) is 1.00. The quantitative estimate of drug-likeness (QED) is 0.705. The number of likely N-dealkylation sites (N-methyl/N-ethyl adjacent to an activating group) is 2. The minimum atomic E-state index is -0.0712. The Balaban J connectivity index is 0. The summed E-state index contributed by atoms with van der Waals surface area (Å²) >= 11 is 0. The van der Waals surface area contributed by atoms with Crippen molar-refractivity contribution < 1.29 is 4.74 Å². The predicted octanol–water partition coefficient (Wildman–Crippen LogP) is 1.20. The molecule has 0 aliphatic carbocycles. The lowest BCUT2D eigenvalue weighted by Gasteiger charge is -2.30. The summed E-state index contributed by atoms with van der Waals surface area (Å²) in [5, 5.41) is 3.11. The van der Waals surface area contributed by atoms with Gasteiger partial charge in [-0.05, 0) is 28.1 Å². The van der Waals surface area contributed by atoms with Crippen molar-refractivity contribution in [1.29, 1.82) is 0 Å². The van der Waals surface area contributed by atoms with E-state index in [1.807, 2.05) is 35.0 Å². The summed E-state index contributed by atoms with van der Waals surface area (Å²) in [6.07, 6.45) is 0. The monoisotopic (exact) mass is 190 g/mol. The van der Waals surface area contributed by atoms with E-state index < -0.39 is 0 Å². The summed E-state index contributed by atoms with van der Waals surface area (Å²) in [5.74, 6) is 0. The fourth-order valence-corrected chi connectivity index (χ4v) is 1.24. The first-order valence-electron chi connectivity index (χ1n) is 4.88. The summed E-state index contributed by atoms with van der Waals surface area (Å²) in [6.45, 7) is 7.91. The second kappa shape index (κ2) is 8.48. The van der Waals surface area contributed by atoms with E-state index in [1.165, 1.54) is 0 Å². The molecule has 0 bridgehead atoms. The standard InChI is InChI=1S/C8H20N2O.C2H6/c1-8(11-5,6-9-2)7-10(3)4;1-2/h9H,6-7H2,1-5H3;1-2H3. The molecule has 0 aromatic carbocycles. The molecule has 0 amide bonds. The van der Waals surface area contributed by atoms with E-state index >= 15 is 0 Å². The van der Waals surface area contributed by atoms with Crippen molar-refractivity contribution in [3.63, 3.8) is 0 Å². The van der Waals surface area contributed by atoms with Gasteiger partial charge in [-0.2, -0.15) is 0 Å². The minimum Gasteiger partial charge on any atom is -0.376 e. The van der Waals surface area contributed by atoms with E-state index in [0.29, 0.717) is 0 Å². The minimum absolute atomic E-state index is 0.0712. The first-order chi connectivity index (χ1) is 6.04. The van der Waals surface area contributed by atoms with Gasteiger partial charge in [-0.3, -0.25) is 0 Å². The molecule has 0 aromatic rings. The summed E-state index contributed by atoms with van der Waals surface area (Å²) in [4.78, 5) is 2.13. The number of rotatable bonds is 5. The van der Waals surface area contributed by atoms with Crippen LogP contribution in [0.15, 0.2) is 0 Å². The van der Waals surface area contributed by atoms with Crippen LogP contribution in [0.25, 0.3) is 0 Å². The molecule has 3 nitrogen and oxygen atoms in total. The Hall–Kier alpha value is -0.120. The Morgan fingerprint density at radius 2 is 1.77 bits per heavy atom. The highest BCUT2D eigenvalue weighted by Crippen LogP contribution is 2.07. The van der Waals surface area contributed by atoms with Crippen molar-refractivity contribution in [2.75, 3.05) is 41.3 Å². The molecule has 0 fully saturated rings. The van der Waals surface area contributed by atoms with Crippen LogP contribution in [0.5, 0.6) is 0 Å². The molecule has 13 heavy (non-hydrogen) atoms. The molecular formula is C10H26N2O. The zero-order valence-corrected chi connectivity index (χ0v) is 10.3. The SMILES string of the molecule is CC.CNCC(C)(CN(C)C)OC. The highest BCUT2D eigenvalue weighted by molar-refractivity contribution is 4.79. The van der Waals surface area contributed by atoms with E-state index in [2.05, 4.69) is 17.1 Å². The van der Waals surface area contributed by atoms with E-state index in [9.17, 15) is 0 Å². The molecule has 0 radical (unpaired) electrons. The van der Waals surface area contributed by atoms with Crippen molar-refractivity contribution in [3.05, 3.63) is 0 Å². The summed E-state index contributed by atoms with van der Waals surface area (Å²) in [7, 11) is 7.79. The van der Waals surface area contributed by atoms with Gasteiger partial charge in [-0.25, -0.2) is 0 Å². The lowest BCUT2D eigenvalue weighted by Crippen LogP contribution is -2.46. The Kier molecular flexibility index (Phi) is 10.0. The Morgan fingerprint density at radius 3 is 2.00 bits per heavy atom. The van der Waals surface area contributed by atoms with E-state index in [-0.39, 0.29) is 5.60 Å². The zero-order valence-electron chi connectivity index (χ0n) is 10.3. The first-order valence-corrected chi connectivity index (χ1v) is 4.88. The average Bonchev–Trinajstić information content (AvgIpc) is 2.07. The molecule has 0 saturated carbocycles. The van der Waals surface area contributed by atoms with Crippen LogP contribution in [0, 0.1) is 0 Å². The second-order valence-electron chi connectivity index (χ2n) is 3.42. The van der Waals surface area contributed by atoms with Gasteiger partial charge in [-0.1, -0.05) is 13.8 Å². The van der Waals surface area contributed by atoms with Crippen LogP contribution in [-0.2, 0) is 4.74 Å². The molecule has 0 aliphatic heterocycles. The van der Waals surface area contributed by atoms with Crippen LogP contribution in [-0.4, -0.2) is 51.8 Å². The number of nitrogens with zero attached hydrogens (tertiary/aromatic N) is 1. The molecule has 0 rings (SSSR count). The number of ether oxygens (including phenoxy) is 1. The third-order valence-electron chi connectivity index (χ3n) is 1.69. The molecule has 0 spiro atoms. The van der Waals surface area contributed by atoms with E-state index in [0.717, 1.165) is 13.1 Å². The normalized spacial score (nSPS) is 14.8. The maximum Gasteiger partial charge on any atom is 0.0900 e. The maximum absolute atomic E-state index is 5.38. The highest BCUT2D eigenvalue weighted by Gasteiger charge is 2.22. The zero-order chi connectivity index (χ0) is 10.9. The average molecular weight is 190 g/mol. The first kappa shape index (κ1) is 15.4. The molecule has 0 aromatic heterocycles. The third kappa shape index (κ3) is 8.22. The summed E-state index contributed by atoms with van der Waals surface area (Å²) in [6, 6.07) is 0. The van der Waals surface area contributed by atoms with Crippen molar-refractivity contribution in [3.8, 4) is 0 Å². The molecule has 1 atom stereocenters. The molecule has 82 valence electrons. The van der Waals surface area contributed by atoms with Crippen molar-refractivity contribution in [2.24, 2.45) is 0 Å². The fourth-order valence-electron chi connectivity index (χ4n) is 1.24. The van der Waals surface area contributed by atoms with Gasteiger partial charge in [0, 0.05) is 20.2 Å². The lowest BCUT2D eigenvalue weighted by atomic mass is 10.1.